The number of carbonyl (C=O) groups excluding carboxylic acids is 1. The number of carbonyl (C=O) groups is 1. The summed E-state index contributed by atoms with van der Waals surface area (Å²) in [5.74, 6) is 0.0398. The summed E-state index contributed by atoms with van der Waals surface area (Å²) in [5, 5.41) is 2.92. The third-order valence-corrected chi connectivity index (χ3v) is 4.54. The van der Waals surface area contributed by atoms with Crippen LogP contribution >= 0.6 is 11.8 Å². The topological polar surface area (TPSA) is 29.1 Å². The lowest BCUT2D eigenvalue weighted by atomic mass is 10.1. The highest BCUT2D eigenvalue weighted by molar-refractivity contribution is 8.00. The Kier molecular flexibility index (Phi) is 5.07. The number of thioether (sulfide) groups is 1. The lowest BCUT2D eigenvalue weighted by molar-refractivity contribution is -0.115. The van der Waals surface area contributed by atoms with Crippen LogP contribution in [0.4, 0.5) is 5.69 Å². The van der Waals surface area contributed by atoms with Crippen LogP contribution in [0.25, 0.3) is 0 Å². The molecule has 0 radical (unpaired) electrons. The summed E-state index contributed by atoms with van der Waals surface area (Å²) in [5.41, 5.74) is 4.35. The molecule has 0 aliphatic rings. The molecule has 0 bridgehead atoms. The molecule has 110 valence electrons. The number of rotatable bonds is 4. The highest BCUT2D eigenvalue weighted by Gasteiger charge is 2.16. The second kappa shape index (κ2) is 6.81. The zero-order chi connectivity index (χ0) is 15.4. The van der Waals surface area contributed by atoms with Gasteiger partial charge in [-0.2, -0.15) is 0 Å². The second-order valence-corrected chi connectivity index (χ2v) is 6.74. The van der Waals surface area contributed by atoms with Gasteiger partial charge in [0.15, 0.2) is 0 Å². The van der Waals surface area contributed by atoms with Crippen molar-refractivity contribution in [3.63, 3.8) is 0 Å². The van der Waals surface area contributed by atoms with Crippen LogP contribution in [0.15, 0.2) is 47.4 Å². The van der Waals surface area contributed by atoms with Gasteiger partial charge in [-0.05, 0) is 51.0 Å². The Bertz CT molecular complexity index is 614. The van der Waals surface area contributed by atoms with Crippen LogP contribution in [0.1, 0.15) is 23.6 Å². The summed E-state index contributed by atoms with van der Waals surface area (Å²) in [4.78, 5) is 13.5. The fraction of sp³-hybridized carbons (Fsp3) is 0.278. The van der Waals surface area contributed by atoms with Crippen molar-refractivity contribution < 1.29 is 4.79 Å². The molecule has 3 heteroatoms. The minimum absolute atomic E-state index is 0.0398. The molecule has 0 aliphatic carbocycles. The molecule has 0 aliphatic heterocycles. The Balaban J connectivity index is 2.04. The molecule has 2 aromatic carbocycles. The molecule has 0 saturated heterocycles. The number of hydrogen-bond donors (Lipinski definition) is 1. The van der Waals surface area contributed by atoms with E-state index in [1.165, 1.54) is 5.56 Å². The van der Waals surface area contributed by atoms with Crippen molar-refractivity contribution >= 4 is 23.4 Å². The van der Waals surface area contributed by atoms with Crippen LogP contribution in [0.2, 0.25) is 0 Å². The van der Waals surface area contributed by atoms with Crippen LogP contribution in [0.3, 0.4) is 0 Å². The molecule has 1 unspecified atom stereocenters. The number of nitrogens with one attached hydrogen (secondary N) is 1. The van der Waals surface area contributed by atoms with Gasteiger partial charge in [0.25, 0.3) is 0 Å². The third-order valence-electron chi connectivity index (χ3n) is 3.43. The molecule has 1 amide bonds. The van der Waals surface area contributed by atoms with E-state index in [9.17, 15) is 4.79 Å². The van der Waals surface area contributed by atoms with Gasteiger partial charge in [-0.3, -0.25) is 4.79 Å². The summed E-state index contributed by atoms with van der Waals surface area (Å²) < 4.78 is 0. The van der Waals surface area contributed by atoms with Crippen LogP contribution in [-0.4, -0.2) is 11.2 Å². The second-order valence-electron chi connectivity index (χ2n) is 5.33. The van der Waals surface area contributed by atoms with Crippen molar-refractivity contribution in [2.75, 3.05) is 5.32 Å². The maximum atomic E-state index is 12.4. The molecule has 1 atom stereocenters. The lowest BCUT2D eigenvalue weighted by Gasteiger charge is -2.15. The summed E-state index contributed by atoms with van der Waals surface area (Å²) in [7, 11) is 0. The minimum Gasteiger partial charge on any atom is -0.325 e. The van der Waals surface area contributed by atoms with Crippen LogP contribution in [0, 0.1) is 20.8 Å². The first-order valence-corrected chi connectivity index (χ1v) is 7.96. The highest BCUT2D eigenvalue weighted by atomic mass is 32.2. The van der Waals surface area contributed by atoms with E-state index in [0.29, 0.717) is 0 Å². The van der Waals surface area contributed by atoms with Crippen molar-refractivity contribution in [3.8, 4) is 0 Å². The van der Waals surface area contributed by atoms with Gasteiger partial charge in [-0.25, -0.2) is 0 Å². The maximum Gasteiger partial charge on any atom is 0.237 e. The molecular formula is C18H21NOS. The zero-order valence-electron chi connectivity index (χ0n) is 12.9. The number of benzene rings is 2. The fourth-order valence-corrected chi connectivity index (χ4v) is 2.98. The van der Waals surface area contributed by atoms with Gasteiger partial charge in [0.1, 0.15) is 0 Å². The van der Waals surface area contributed by atoms with Crippen LogP contribution in [0.5, 0.6) is 0 Å². The summed E-state index contributed by atoms with van der Waals surface area (Å²) >= 11 is 1.58. The smallest absolute Gasteiger partial charge is 0.237 e. The average molecular weight is 299 g/mol. The Hall–Kier alpha value is -1.74. The van der Waals surface area contributed by atoms with E-state index in [0.717, 1.165) is 21.7 Å². The molecule has 0 fully saturated rings. The number of hydrogen-bond acceptors (Lipinski definition) is 2. The van der Waals surface area contributed by atoms with Crippen LogP contribution < -0.4 is 5.32 Å². The van der Waals surface area contributed by atoms with Gasteiger partial charge in [0, 0.05) is 10.6 Å². The number of anilines is 1. The van der Waals surface area contributed by atoms with Crippen molar-refractivity contribution in [3.05, 3.63) is 59.2 Å². The van der Waals surface area contributed by atoms with Gasteiger partial charge >= 0.3 is 0 Å². The third kappa shape index (κ3) is 4.11. The summed E-state index contributed by atoms with van der Waals surface area (Å²) in [6, 6.07) is 14.3. The largest absolute Gasteiger partial charge is 0.325 e. The standard InChI is InChI=1S/C18H21NOS/c1-12-8-10-16(11-9-12)21-15(4)18(20)19-17-13(2)6-5-7-14(17)3/h5-11,15H,1-4H3,(H,19,20). The van der Waals surface area contributed by atoms with Gasteiger partial charge in [0.2, 0.25) is 5.91 Å². The first kappa shape index (κ1) is 15.6. The van der Waals surface area contributed by atoms with E-state index in [-0.39, 0.29) is 11.2 Å². The van der Waals surface area contributed by atoms with Crippen LogP contribution in [-0.2, 0) is 4.79 Å². The fourth-order valence-electron chi connectivity index (χ4n) is 2.11. The highest BCUT2D eigenvalue weighted by Crippen LogP contribution is 2.26. The van der Waals surface area contributed by atoms with Gasteiger partial charge in [-0.15, -0.1) is 11.8 Å². The Morgan fingerprint density at radius 1 is 1.00 bits per heavy atom. The van der Waals surface area contributed by atoms with Gasteiger partial charge < -0.3 is 5.32 Å². The molecule has 2 nitrogen and oxygen atoms in total. The maximum absolute atomic E-state index is 12.4. The summed E-state index contributed by atoms with van der Waals surface area (Å²) in [6.45, 7) is 8.03. The van der Waals surface area contributed by atoms with Crippen molar-refractivity contribution in [2.24, 2.45) is 0 Å². The first-order valence-electron chi connectivity index (χ1n) is 7.08. The molecule has 0 aromatic heterocycles. The van der Waals surface area contributed by atoms with Crippen molar-refractivity contribution in [2.45, 2.75) is 37.8 Å². The van der Waals surface area contributed by atoms with E-state index in [1.54, 1.807) is 11.8 Å². The van der Waals surface area contributed by atoms with Gasteiger partial charge in [0.05, 0.1) is 5.25 Å². The monoisotopic (exact) mass is 299 g/mol. The first-order chi connectivity index (χ1) is 9.97. The predicted octanol–water partition coefficient (Wildman–Crippen LogP) is 4.73. The molecule has 0 heterocycles. The molecule has 0 spiro atoms. The summed E-state index contributed by atoms with van der Waals surface area (Å²) in [6.07, 6.45) is 0. The Morgan fingerprint density at radius 2 is 1.57 bits per heavy atom. The Morgan fingerprint density at radius 3 is 2.14 bits per heavy atom. The van der Waals surface area contributed by atoms with Crippen molar-refractivity contribution in [1.29, 1.82) is 0 Å². The molecule has 2 rings (SSSR count). The SMILES string of the molecule is Cc1ccc(SC(C)C(=O)Nc2c(C)cccc2C)cc1. The predicted molar refractivity (Wildman–Crippen MR) is 91.0 cm³/mol. The molecule has 0 saturated carbocycles. The molecule has 2 aromatic rings. The Labute approximate surface area is 131 Å². The van der Waals surface area contributed by atoms with E-state index in [4.69, 9.17) is 0 Å². The minimum atomic E-state index is -0.133. The van der Waals surface area contributed by atoms with E-state index in [1.807, 2.05) is 39.0 Å². The van der Waals surface area contributed by atoms with E-state index >= 15 is 0 Å². The average Bonchev–Trinajstić information content (AvgIpc) is 2.45. The normalized spacial score (nSPS) is 12.0. The number of aryl methyl sites for hydroxylation is 3. The number of para-hydroxylation sites is 1. The quantitative estimate of drug-likeness (QED) is 0.827. The van der Waals surface area contributed by atoms with Gasteiger partial charge in [-0.1, -0.05) is 35.9 Å². The number of amides is 1. The lowest BCUT2D eigenvalue weighted by Crippen LogP contribution is -2.23. The molecular weight excluding hydrogens is 278 g/mol. The molecule has 1 N–H and O–H groups in total. The van der Waals surface area contributed by atoms with E-state index < -0.39 is 0 Å². The zero-order valence-corrected chi connectivity index (χ0v) is 13.8. The molecule has 21 heavy (non-hydrogen) atoms. The van der Waals surface area contributed by atoms with Crippen molar-refractivity contribution in [1.82, 2.24) is 0 Å². The van der Waals surface area contributed by atoms with E-state index in [2.05, 4.69) is 36.5 Å².